The van der Waals surface area contributed by atoms with Gasteiger partial charge < -0.3 is 4.43 Å². The molecule has 1 heterocycles. The van der Waals surface area contributed by atoms with Gasteiger partial charge in [0, 0.05) is 6.61 Å². The average Bonchev–Trinajstić information content (AvgIpc) is 3.04. The topological polar surface area (TPSA) is 56.3 Å². The molecule has 7 heteroatoms. The van der Waals surface area contributed by atoms with Crippen molar-refractivity contribution in [3.05, 3.63) is 36.4 Å². The Bertz CT molecular complexity index is 909. The van der Waals surface area contributed by atoms with E-state index in [0.717, 1.165) is 23.2 Å². The standard InChI is InChI=1S/C22H35NO3S2Si/c1-17(15-18(2)16-26-29(6,7)22(3,4)5)11-10-14-28(24,25)21-23-19-12-8-9-13-20(19)27-21/h8-13,17-18H,14-16H2,1-7H3/b11-10+/t17-,18-/m1/s1. The molecule has 2 aromatic rings. The van der Waals surface area contributed by atoms with E-state index in [1.807, 2.05) is 30.3 Å². The molecule has 0 bridgehead atoms. The first-order valence-corrected chi connectivity index (χ1v) is 15.6. The van der Waals surface area contributed by atoms with Crippen LogP contribution in [0.2, 0.25) is 18.1 Å². The van der Waals surface area contributed by atoms with Gasteiger partial charge >= 0.3 is 0 Å². The Morgan fingerprint density at radius 3 is 2.48 bits per heavy atom. The molecule has 0 aliphatic rings. The van der Waals surface area contributed by atoms with Crippen molar-refractivity contribution >= 4 is 39.7 Å². The lowest BCUT2D eigenvalue weighted by Crippen LogP contribution is -2.41. The molecule has 0 radical (unpaired) electrons. The zero-order valence-electron chi connectivity index (χ0n) is 18.7. The van der Waals surface area contributed by atoms with Crippen molar-refractivity contribution in [2.75, 3.05) is 12.4 Å². The van der Waals surface area contributed by atoms with Gasteiger partial charge in [-0.1, -0.05) is 58.9 Å². The highest BCUT2D eigenvalue weighted by Gasteiger charge is 2.37. The monoisotopic (exact) mass is 453 g/mol. The summed E-state index contributed by atoms with van der Waals surface area (Å²) in [5, 5.41) is 0.216. The van der Waals surface area contributed by atoms with Crippen molar-refractivity contribution in [1.82, 2.24) is 4.98 Å². The molecule has 1 aromatic heterocycles. The van der Waals surface area contributed by atoms with Crippen LogP contribution in [0, 0.1) is 11.8 Å². The Labute approximate surface area is 181 Å². The van der Waals surface area contributed by atoms with Crippen LogP contribution in [0.3, 0.4) is 0 Å². The largest absolute Gasteiger partial charge is 0.417 e. The highest BCUT2D eigenvalue weighted by atomic mass is 32.2. The Hall–Kier alpha value is -1.02. The summed E-state index contributed by atoms with van der Waals surface area (Å²) in [6.07, 6.45) is 4.76. The molecular formula is C22H35NO3S2Si. The summed E-state index contributed by atoms with van der Waals surface area (Å²) in [5.41, 5.74) is 0.740. The fraction of sp³-hybridized carbons (Fsp3) is 0.591. The molecule has 0 aliphatic heterocycles. The molecule has 1 aromatic carbocycles. The summed E-state index contributed by atoms with van der Waals surface area (Å²) in [6, 6.07) is 7.51. The van der Waals surface area contributed by atoms with Gasteiger partial charge in [0.1, 0.15) is 0 Å². The van der Waals surface area contributed by atoms with Crippen LogP contribution in [0.5, 0.6) is 0 Å². The predicted octanol–water partition coefficient (Wildman–Crippen LogP) is 6.31. The lowest BCUT2D eigenvalue weighted by molar-refractivity contribution is 0.223. The molecule has 0 saturated carbocycles. The number of hydrogen-bond donors (Lipinski definition) is 0. The quantitative estimate of drug-likeness (QED) is 0.330. The number of thiazole rings is 1. The summed E-state index contributed by atoms with van der Waals surface area (Å²) >= 11 is 1.24. The first-order chi connectivity index (χ1) is 13.3. The summed E-state index contributed by atoms with van der Waals surface area (Å²) in [6.45, 7) is 16.4. The molecular weight excluding hydrogens is 418 g/mol. The van der Waals surface area contributed by atoms with Crippen LogP contribution in [0.15, 0.2) is 40.8 Å². The average molecular weight is 454 g/mol. The van der Waals surface area contributed by atoms with Crippen LogP contribution in [0.25, 0.3) is 10.2 Å². The SMILES string of the molecule is C[C@@H](CO[Si](C)(C)C(C)(C)C)C[C@H](C)/C=C/CS(=O)(=O)c1nc2ccccc2s1. The number of para-hydroxylation sites is 1. The molecule has 2 atom stereocenters. The maximum Gasteiger partial charge on any atom is 0.210 e. The Morgan fingerprint density at radius 1 is 1.21 bits per heavy atom. The van der Waals surface area contributed by atoms with Crippen molar-refractivity contribution < 1.29 is 12.8 Å². The van der Waals surface area contributed by atoms with Gasteiger partial charge in [-0.05, 0) is 48.5 Å². The Kier molecular flexibility index (Phi) is 7.87. The van der Waals surface area contributed by atoms with Gasteiger partial charge in [-0.3, -0.25) is 0 Å². The molecule has 29 heavy (non-hydrogen) atoms. The first kappa shape index (κ1) is 24.2. The van der Waals surface area contributed by atoms with Crippen LogP contribution in [0.4, 0.5) is 0 Å². The third-order valence-corrected chi connectivity index (χ3v) is 13.2. The fourth-order valence-electron chi connectivity index (χ4n) is 2.82. The number of allylic oxidation sites excluding steroid dienone is 1. The van der Waals surface area contributed by atoms with E-state index < -0.39 is 18.2 Å². The van der Waals surface area contributed by atoms with Gasteiger partial charge in [-0.15, -0.1) is 11.3 Å². The number of benzene rings is 1. The molecule has 0 amide bonds. The van der Waals surface area contributed by atoms with Gasteiger partial charge in [-0.25, -0.2) is 13.4 Å². The predicted molar refractivity (Wildman–Crippen MR) is 127 cm³/mol. The maximum atomic E-state index is 12.6. The summed E-state index contributed by atoms with van der Waals surface area (Å²) in [5.74, 6) is 0.731. The van der Waals surface area contributed by atoms with Gasteiger partial charge in [0.05, 0.1) is 16.0 Å². The van der Waals surface area contributed by atoms with E-state index in [4.69, 9.17) is 4.43 Å². The van der Waals surface area contributed by atoms with Gasteiger partial charge in [0.25, 0.3) is 0 Å². The maximum absolute atomic E-state index is 12.6. The molecule has 162 valence electrons. The minimum atomic E-state index is -3.39. The lowest BCUT2D eigenvalue weighted by atomic mass is 9.98. The normalized spacial score (nSPS) is 15.8. The fourth-order valence-corrected chi connectivity index (χ4v) is 6.38. The molecule has 0 fully saturated rings. The smallest absolute Gasteiger partial charge is 0.210 e. The molecule has 0 aliphatic carbocycles. The first-order valence-electron chi connectivity index (χ1n) is 10.2. The van der Waals surface area contributed by atoms with Crippen molar-refractivity contribution in [3.63, 3.8) is 0 Å². The molecule has 0 saturated heterocycles. The van der Waals surface area contributed by atoms with E-state index in [9.17, 15) is 8.42 Å². The van der Waals surface area contributed by atoms with E-state index in [1.54, 1.807) is 6.08 Å². The minimum Gasteiger partial charge on any atom is -0.417 e. The van der Waals surface area contributed by atoms with Crippen LogP contribution < -0.4 is 0 Å². The number of rotatable bonds is 9. The Balaban J connectivity index is 1.87. The molecule has 0 unspecified atom stereocenters. The van der Waals surface area contributed by atoms with Crippen molar-refractivity contribution in [1.29, 1.82) is 0 Å². The van der Waals surface area contributed by atoms with E-state index in [0.29, 0.717) is 11.8 Å². The van der Waals surface area contributed by atoms with Crippen LogP contribution in [0.1, 0.15) is 41.0 Å². The number of hydrogen-bond acceptors (Lipinski definition) is 5. The third kappa shape index (κ3) is 6.74. The van der Waals surface area contributed by atoms with E-state index >= 15 is 0 Å². The zero-order valence-corrected chi connectivity index (χ0v) is 21.4. The van der Waals surface area contributed by atoms with Crippen LogP contribution in [-0.2, 0) is 14.3 Å². The molecule has 0 N–H and O–H groups in total. The lowest BCUT2D eigenvalue weighted by Gasteiger charge is -2.37. The van der Waals surface area contributed by atoms with Crippen LogP contribution in [-0.4, -0.2) is 34.1 Å². The van der Waals surface area contributed by atoms with E-state index in [1.165, 1.54) is 11.3 Å². The van der Waals surface area contributed by atoms with Gasteiger partial charge in [0.15, 0.2) is 8.32 Å². The second kappa shape index (κ2) is 9.41. The zero-order chi connectivity index (χ0) is 21.9. The van der Waals surface area contributed by atoms with Crippen LogP contribution >= 0.6 is 11.3 Å². The molecule has 0 spiro atoms. The highest BCUT2D eigenvalue weighted by Crippen LogP contribution is 2.37. The number of fused-ring (bicyclic) bond motifs is 1. The summed E-state index contributed by atoms with van der Waals surface area (Å²) in [7, 11) is -5.11. The Morgan fingerprint density at radius 2 is 1.86 bits per heavy atom. The molecule has 4 nitrogen and oxygen atoms in total. The summed E-state index contributed by atoms with van der Waals surface area (Å²) in [4.78, 5) is 4.28. The summed E-state index contributed by atoms with van der Waals surface area (Å²) < 4.78 is 32.6. The number of aromatic nitrogens is 1. The highest BCUT2D eigenvalue weighted by molar-refractivity contribution is 7.93. The van der Waals surface area contributed by atoms with Gasteiger partial charge in [0.2, 0.25) is 14.2 Å². The molecule has 2 rings (SSSR count). The van der Waals surface area contributed by atoms with Crippen molar-refractivity contribution in [3.8, 4) is 0 Å². The third-order valence-electron chi connectivity index (χ3n) is 5.63. The minimum absolute atomic E-state index is 0.00792. The second-order valence-electron chi connectivity index (χ2n) is 9.55. The number of sulfone groups is 1. The van der Waals surface area contributed by atoms with E-state index in [-0.39, 0.29) is 15.1 Å². The number of nitrogens with zero attached hydrogens (tertiary/aromatic N) is 1. The van der Waals surface area contributed by atoms with Crippen molar-refractivity contribution in [2.45, 2.75) is 63.5 Å². The van der Waals surface area contributed by atoms with Crippen molar-refractivity contribution in [2.24, 2.45) is 11.8 Å². The second-order valence-corrected chi connectivity index (χ2v) is 17.6. The van der Waals surface area contributed by atoms with E-state index in [2.05, 4.69) is 52.7 Å². The van der Waals surface area contributed by atoms with Gasteiger partial charge in [-0.2, -0.15) is 0 Å².